The normalized spacial score (nSPS) is 10.7. The molecule has 0 aliphatic rings. The maximum absolute atomic E-state index is 12.1. The second-order valence-corrected chi connectivity index (χ2v) is 5.80. The van der Waals surface area contributed by atoms with E-state index in [4.69, 9.17) is 4.74 Å². The minimum Gasteiger partial charge on any atom is -0.496 e. The fraction of sp³-hybridized carbons (Fsp3) is 0.176. The summed E-state index contributed by atoms with van der Waals surface area (Å²) in [7, 11) is 1.59. The average Bonchev–Trinajstić information content (AvgIpc) is 2.50. The van der Waals surface area contributed by atoms with Crippen LogP contribution in [0.5, 0.6) is 5.75 Å². The molecule has 0 aromatic heterocycles. The smallest absolute Gasteiger partial charge is 0.271 e. The molecule has 0 unspecified atom stereocenters. The van der Waals surface area contributed by atoms with Crippen molar-refractivity contribution in [1.29, 1.82) is 0 Å². The molecule has 5 heteroatoms. The van der Waals surface area contributed by atoms with Crippen molar-refractivity contribution >= 4 is 28.1 Å². The minimum absolute atomic E-state index is 0.242. The number of hydrazone groups is 1. The molecule has 0 aliphatic heterocycles. The van der Waals surface area contributed by atoms with Gasteiger partial charge >= 0.3 is 0 Å². The fourth-order valence-corrected chi connectivity index (χ4v) is 2.29. The van der Waals surface area contributed by atoms with E-state index in [0.717, 1.165) is 21.2 Å². The van der Waals surface area contributed by atoms with E-state index in [1.54, 1.807) is 19.4 Å². The van der Waals surface area contributed by atoms with Gasteiger partial charge in [0.15, 0.2) is 0 Å². The molecule has 0 saturated heterocycles. The lowest BCUT2D eigenvalue weighted by molar-refractivity contribution is 0.0955. The Labute approximate surface area is 138 Å². The molecule has 0 atom stereocenters. The highest BCUT2D eigenvalue weighted by Gasteiger charge is 2.06. The van der Waals surface area contributed by atoms with Gasteiger partial charge in [-0.05, 0) is 55.3 Å². The first-order valence-electron chi connectivity index (χ1n) is 6.75. The summed E-state index contributed by atoms with van der Waals surface area (Å²) in [6, 6.07) is 11.1. The van der Waals surface area contributed by atoms with Gasteiger partial charge in [-0.2, -0.15) is 5.10 Å². The molecule has 4 nitrogen and oxygen atoms in total. The Hall–Kier alpha value is -2.14. The van der Waals surface area contributed by atoms with Gasteiger partial charge in [-0.3, -0.25) is 4.79 Å². The van der Waals surface area contributed by atoms with Crippen LogP contribution >= 0.6 is 15.9 Å². The molecule has 2 aromatic carbocycles. The molecule has 0 saturated carbocycles. The van der Waals surface area contributed by atoms with Crippen molar-refractivity contribution in [2.24, 2.45) is 5.10 Å². The summed E-state index contributed by atoms with van der Waals surface area (Å²) >= 11 is 3.39. The minimum atomic E-state index is -0.242. The second-order valence-electron chi connectivity index (χ2n) is 4.88. The Balaban J connectivity index is 2.10. The summed E-state index contributed by atoms with van der Waals surface area (Å²) < 4.78 is 6.16. The van der Waals surface area contributed by atoms with Crippen LogP contribution < -0.4 is 10.2 Å². The zero-order valence-electron chi connectivity index (χ0n) is 12.7. The number of aryl methyl sites for hydroxylation is 2. The topological polar surface area (TPSA) is 50.7 Å². The molecule has 1 amide bonds. The number of ether oxygens (including phenoxy) is 1. The molecule has 0 bridgehead atoms. The van der Waals surface area contributed by atoms with Gasteiger partial charge in [-0.1, -0.05) is 22.0 Å². The van der Waals surface area contributed by atoms with E-state index >= 15 is 0 Å². The first kappa shape index (κ1) is 16.2. The van der Waals surface area contributed by atoms with Crippen LogP contribution in [0.1, 0.15) is 27.0 Å². The number of carbonyl (C=O) groups is 1. The summed E-state index contributed by atoms with van der Waals surface area (Å²) in [5.41, 5.74) is 6.11. The molecule has 2 rings (SSSR count). The number of carbonyl (C=O) groups excluding carboxylic acids is 1. The number of nitrogens with zero attached hydrogens (tertiary/aromatic N) is 1. The molecule has 22 heavy (non-hydrogen) atoms. The molecule has 2 aromatic rings. The zero-order chi connectivity index (χ0) is 16.1. The Kier molecular flexibility index (Phi) is 5.33. The SMILES string of the molecule is COc1ccc(Br)cc1C=NNC(=O)c1ccc(C)c(C)c1. The van der Waals surface area contributed by atoms with Gasteiger partial charge in [-0.15, -0.1) is 0 Å². The third-order valence-corrected chi connectivity index (χ3v) is 3.82. The number of nitrogens with one attached hydrogen (secondary N) is 1. The third kappa shape index (κ3) is 3.95. The van der Waals surface area contributed by atoms with Gasteiger partial charge in [0, 0.05) is 15.6 Å². The first-order chi connectivity index (χ1) is 10.5. The van der Waals surface area contributed by atoms with Gasteiger partial charge in [0.2, 0.25) is 0 Å². The van der Waals surface area contributed by atoms with Crippen LogP contribution in [0.25, 0.3) is 0 Å². The Bertz CT molecular complexity index is 727. The van der Waals surface area contributed by atoms with E-state index in [9.17, 15) is 4.79 Å². The molecule has 0 spiro atoms. The molecule has 0 fully saturated rings. The molecular formula is C17H17BrN2O2. The first-order valence-corrected chi connectivity index (χ1v) is 7.55. The summed E-state index contributed by atoms with van der Waals surface area (Å²) in [6.07, 6.45) is 1.56. The summed E-state index contributed by atoms with van der Waals surface area (Å²) in [6.45, 7) is 3.98. The van der Waals surface area contributed by atoms with Crippen LogP contribution in [0, 0.1) is 13.8 Å². The molecule has 0 heterocycles. The van der Waals surface area contributed by atoms with E-state index in [1.807, 2.05) is 44.2 Å². The van der Waals surface area contributed by atoms with Gasteiger partial charge in [-0.25, -0.2) is 5.43 Å². The lowest BCUT2D eigenvalue weighted by Crippen LogP contribution is -2.17. The summed E-state index contributed by atoms with van der Waals surface area (Å²) in [5.74, 6) is 0.445. The monoisotopic (exact) mass is 360 g/mol. The van der Waals surface area contributed by atoms with Crippen LogP contribution in [0.2, 0.25) is 0 Å². The van der Waals surface area contributed by atoms with E-state index in [0.29, 0.717) is 11.3 Å². The summed E-state index contributed by atoms with van der Waals surface area (Å²) in [5, 5.41) is 3.99. The van der Waals surface area contributed by atoms with Gasteiger partial charge in [0.05, 0.1) is 13.3 Å². The Morgan fingerprint density at radius 1 is 1.18 bits per heavy atom. The van der Waals surface area contributed by atoms with Crippen LogP contribution in [0.3, 0.4) is 0 Å². The lowest BCUT2D eigenvalue weighted by Gasteiger charge is -2.05. The quantitative estimate of drug-likeness (QED) is 0.665. The molecule has 0 aliphatic carbocycles. The Morgan fingerprint density at radius 3 is 2.64 bits per heavy atom. The van der Waals surface area contributed by atoms with Crippen molar-refractivity contribution < 1.29 is 9.53 Å². The van der Waals surface area contributed by atoms with E-state index in [1.165, 1.54) is 0 Å². The van der Waals surface area contributed by atoms with Crippen LogP contribution in [-0.2, 0) is 0 Å². The number of halogens is 1. The molecule has 114 valence electrons. The van der Waals surface area contributed by atoms with Crippen molar-refractivity contribution in [3.63, 3.8) is 0 Å². The van der Waals surface area contributed by atoms with Gasteiger partial charge in [0.25, 0.3) is 5.91 Å². The van der Waals surface area contributed by atoms with Crippen LogP contribution in [0.4, 0.5) is 0 Å². The van der Waals surface area contributed by atoms with Gasteiger partial charge in [0.1, 0.15) is 5.75 Å². The number of amides is 1. The fourth-order valence-electron chi connectivity index (χ4n) is 1.91. The number of methoxy groups -OCH3 is 1. The van der Waals surface area contributed by atoms with Crippen molar-refractivity contribution in [3.8, 4) is 5.75 Å². The van der Waals surface area contributed by atoms with Crippen molar-refractivity contribution in [2.45, 2.75) is 13.8 Å². The molecule has 0 radical (unpaired) electrons. The maximum Gasteiger partial charge on any atom is 0.271 e. The molecular weight excluding hydrogens is 344 g/mol. The average molecular weight is 361 g/mol. The highest BCUT2D eigenvalue weighted by Crippen LogP contribution is 2.21. The van der Waals surface area contributed by atoms with E-state index in [2.05, 4.69) is 26.5 Å². The standard InChI is InChI=1S/C17H17BrN2O2/c1-11-4-5-13(8-12(11)2)17(21)20-19-10-14-9-15(18)6-7-16(14)22-3/h4-10H,1-3H3,(H,20,21). The number of hydrogen-bond donors (Lipinski definition) is 1. The van der Waals surface area contributed by atoms with E-state index in [-0.39, 0.29) is 5.91 Å². The third-order valence-electron chi connectivity index (χ3n) is 3.33. The van der Waals surface area contributed by atoms with Crippen LogP contribution in [-0.4, -0.2) is 19.2 Å². The highest BCUT2D eigenvalue weighted by molar-refractivity contribution is 9.10. The lowest BCUT2D eigenvalue weighted by atomic mass is 10.1. The second kappa shape index (κ2) is 7.22. The zero-order valence-corrected chi connectivity index (χ0v) is 14.3. The largest absolute Gasteiger partial charge is 0.496 e. The predicted molar refractivity (Wildman–Crippen MR) is 91.7 cm³/mol. The predicted octanol–water partition coefficient (Wildman–Crippen LogP) is 3.84. The number of benzene rings is 2. The highest BCUT2D eigenvalue weighted by atomic mass is 79.9. The molecule has 1 N–H and O–H groups in total. The number of hydrogen-bond acceptors (Lipinski definition) is 3. The van der Waals surface area contributed by atoms with Crippen molar-refractivity contribution in [1.82, 2.24) is 5.43 Å². The van der Waals surface area contributed by atoms with Crippen molar-refractivity contribution in [3.05, 3.63) is 63.1 Å². The van der Waals surface area contributed by atoms with Gasteiger partial charge < -0.3 is 4.74 Å². The Morgan fingerprint density at radius 2 is 1.95 bits per heavy atom. The van der Waals surface area contributed by atoms with Crippen LogP contribution in [0.15, 0.2) is 46.0 Å². The van der Waals surface area contributed by atoms with E-state index < -0.39 is 0 Å². The maximum atomic E-state index is 12.1. The summed E-state index contributed by atoms with van der Waals surface area (Å²) in [4.78, 5) is 12.1. The van der Waals surface area contributed by atoms with Crippen molar-refractivity contribution in [2.75, 3.05) is 7.11 Å². The number of rotatable bonds is 4.